The predicted octanol–water partition coefficient (Wildman–Crippen LogP) is 3.79. The third-order valence-electron chi connectivity index (χ3n) is 6.53. The summed E-state index contributed by atoms with van der Waals surface area (Å²) in [7, 11) is 0. The largest absolute Gasteiger partial charge is 0.494 e. The lowest BCUT2D eigenvalue weighted by Crippen LogP contribution is -2.46. The number of piperazine rings is 1. The molecule has 0 aliphatic carbocycles. The van der Waals surface area contributed by atoms with Crippen LogP contribution in [0, 0.1) is 13.8 Å². The molecular formula is C27H39N3O4. The second-order valence-corrected chi connectivity index (χ2v) is 8.85. The number of benzene rings is 2. The molecule has 2 aromatic rings. The number of anilines is 2. The highest BCUT2D eigenvalue weighted by atomic mass is 16.5. The normalized spacial score (nSPS) is 17.4. The maximum atomic E-state index is 11.7. The second-order valence-electron chi connectivity index (χ2n) is 8.85. The Morgan fingerprint density at radius 3 is 2.50 bits per heavy atom. The summed E-state index contributed by atoms with van der Waals surface area (Å²) >= 11 is 0. The molecule has 0 unspecified atom stereocenters. The molecular weight excluding hydrogens is 430 g/mol. The monoisotopic (exact) mass is 469 g/mol. The summed E-state index contributed by atoms with van der Waals surface area (Å²) in [6, 6.07) is 11.5. The SMILES string of the molecule is CC.Cc1cccc(N2CCN(CCCCOc3ccc4c(c3)NC(=O)CC4(O)O)CC2)c1C. The Bertz CT molecular complexity index is 968. The van der Waals surface area contributed by atoms with Gasteiger partial charge in [-0.1, -0.05) is 26.0 Å². The summed E-state index contributed by atoms with van der Waals surface area (Å²) in [6.45, 7) is 14.3. The lowest BCUT2D eigenvalue weighted by Gasteiger charge is -2.37. The average molecular weight is 470 g/mol. The average Bonchev–Trinajstić information content (AvgIpc) is 2.81. The van der Waals surface area contributed by atoms with Gasteiger partial charge in [0.1, 0.15) is 5.75 Å². The van der Waals surface area contributed by atoms with Crippen molar-refractivity contribution >= 4 is 17.3 Å². The minimum absolute atomic E-state index is 0.296. The van der Waals surface area contributed by atoms with E-state index in [1.165, 1.54) is 16.8 Å². The first kappa shape index (κ1) is 26.0. The van der Waals surface area contributed by atoms with E-state index in [9.17, 15) is 15.0 Å². The van der Waals surface area contributed by atoms with E-state index in [0.29, 0.717) is 23.6 Å². The minimum atomic E-state index is -2.13. The third-order valence-corrected chi connectivity index (χ3v) is 6.53. The molecule has 2 aliphatic rings. The third kappa shape index (κ3) is 6.29. The van der Waals surface area contributed by atoms with Crippen molar-refractivity contribution in [2.75, 3.05) is 49.5 Å². The van der Waals surface area contributed by atoms with Crippen molar-refractivity contribution in [1.82, 2.24) is 4.90 Å². The van der Waals surface area contributed by atoms with Crippen molar-refractivity contribution in [2.24, 2.45) is 0 Å². The Morgan fingerprint density at radius 1 is 1.03 bits per heavy atom. The van der Waals surface area contributed by atoms with E-state index in [1.807, 2.05) is 13.8 Å². The number of carbonyl (C=O) groups excluding carboxylic acids is 1. The molecule has 0 saturated carbocycles. The zero-order valence-electron chi connectivity index (χ0n) is 20.9. The number of hydrogen-bond acceptors (Lipinski definition) is 6. The number of hydrogen-bond donors (Lipinski definition) is 3. The van der Waals surface area contributed by atoms with Crippen LogP contribution in [0.1, 0.15) is 49.8 Å². The van der Waals surface area contributed by atoms with Gasteiger partial charge in [-0.15, -0.1) is 0 Å². The summed E-state index contributed by atoms with van der Waals surface area (Å²) in [5.41, 5.74) is 4.77. The van der Waals surface area contributed by atoms with Gasteiger partial charge in [0.05, 0.1) is 18.7 Å². The maximum Gasteiger partial charge on any atom is 0.230 e. The fraction of sp³-hybridized carbons (Fsp3) is 0.519. The van der Waals surface area contributed by atoms with E-state index in [2.05, 4.69) is 47.2 Å². The molecule has 7 heteroatoms. The van der Waals surface area contributed by atoms with Crippen LogP contribution >= 0.6 is 0 Å². The van der Waals surface area contributed by atoms with Crippen LogP contribution in [0.4, 0.5) is 11.4 Å². The zero-order valence-corrected chi connectivity index (χ0v) is 20.9. The van der Waals surface area contributed by atoms with Gasteiger partial charge in [-0.25, -0.2) is 0 Å². The Balaban J connectivity index is 0.00000158. The van der Waals surface area contributed by atoms with Crippen molar-refractivity contribution in [3.05, 3.63) is 53.1 Å². The highest BCUT2D eigenvalue weighted by Gasteiger charge is 2.36. The highest BCUT2D eigenvalue weighted by Crippen LogP contribution is 2.36. The summed E-state index contributed by atoms with van der Waals surface area (Å²) < 4.78 is 5.82. The minimum Gasteiger partial charge on any atom is -0.494 e. The van der Waals surface area contributed by atoms with Crippen LogP contribution in [-0.4, -0.2) is 60.4 Å². The zero-order chi connectivity index (χ0) is 24.7. The van der Waals surface area contributed by atoms with E-state index in [-0.39, 0.29) is 6.42 Å². The van der Waals surface area contributed by atoms with E-state index < -0.39 is 11.7 Å². The van der Waals surface area contributed by atoms with Crippen molar-refractivity contribution in [3.8, 4) is 5.75 Å². The molecule has 0 radical (unpaired) electrons. The molecule has 34 heavy (non-hydrogen) atoms. The number of ether oxygens (including phenoxy) is 1. The lowest BCUT2D eigenvalue weighted by atomic mass is 9.96. The summed E-state index contributed by atoms with van der Waals surface area (Å²) in [4.78, 5) is 16.7. The molecule has 0 spiro atoms. The standard InChI is InChI=1S/C25H33N3O4.C2H6/c1-18-6-5-7-23(19(18)2)28-13-11-27(12-14-28)10-3-4-15-32-20-8-9-21-22(16-20)26-24(29)17-25(21,30)31;1-2/h5-9,16,30-31H,3-4,10-15,17H2,1-2H3,(H,26,29);1-2H3. The topological polar surface area (TPSA) is 85.3 Å². The summed E-state index contributed by atoms with van der Waals surface area (Å²) in [5.74, 6) is -1.93. The van der Waals surface area contributed by atoms with Crippen LogP contribution < -0.4 is 15.0 Å². The second kappa shape index (κ2) is 11.7. The number of nitrogens with one attached hydrogen (secondary N) is 1. The van der Waals surface area contributed by atoms with Crippen molar-refractivity contribution < 1.29 is 19.7 Å². The number of rotatable bonds is 7. The lowest BCUT2D eigenvalue weighted by molar-refractivity contribution is -0.179. The fourth-order valence-electron chi connectivity index (χ4n) is 4.50. The molecule has 1 amide bonds. The van der Waals surface area contributed by atoms with Crippen molar-refractivity contribution in [2.45, 2.75) is 52.7 Å². The van der Waals surface area contributed by atoms with Gasteiger partial charge in [-0.05, 0) is 62.6 Å². The predicted molar refractivity (Wildman–Crippen MR) is 136 cm³/mol. The van der Waals surface area contributed by atoms with E-state index in [1.54, 1.807) is 18.2 Å². The van der Waals surface area contributed by atoms with Crippen LogP contribution in [-0.2, 0) is 10.6 Å². The number of fused-ring (bicyclic) bond motifs is 1. The molecule has 4 rings (SSSR count). The number of unbranched alkanes of at least 4 members (excludes halogenated alkanes) is 1. The molecule has 0 atom stereocenters. The van der Waals surface area contributed by atoms with Gasteiger partial charge in [-0.3, -0.25) is 9.69 Å². The number of aryl methyl sites for hydroxylation is 1. The molecule has 2 heterocycles. The highest BCUT2D eigenvalue weighted by molar-refractivity contribution is 5.95. The summed E-state index contributed by atoms with van der Waals surface area (Å²) in [5, 5.41) is 22.7. The Labute approximate surface area is 203 Å². The summed E-state index contributed by atoms with van der Waals surface area (Å²) in [6.07, 6.45) is 1.63. The molecule has 2 aromatic carbocycles. The Hall–Kier alpha value is -2.61. The van der Waals surface area contributed by atoms with Gasteiger partial charge >= 0.3 is 0 Å². The fourth-order valence-corrected chi connectivity index (χ4v) is 4.50. The van der Waals surface area contributed by atoms with E-state index in [0.717, 1.165) is 45.6 Å². The molecule has 1 fully saturated rings. The number of nitrogens with zero attached hydrogens (tertiary/aromatic N) is 2. The van der Waals surface area contributed by atoms with Gasteiger partial charge < -0.3 is 25.2 Å². The Kier molecular flexibility index (Phi) is 8.94. The van der Waals surface area contributed by atoms with Gasteiger partial charge in [-0.2, -0.15) is 0 Å². The van der Waals surface area contributed by atoms with Gasteiger partial charge in [0.2, 0.25) is 11.7 Å². The first-order chi connectivity index (χ1) is 16.3. The Morgan fingerprint density at radius 2 is 1.76 bits per heavy atom. The molecule has 1 saturated heterocycles. The van der Waals surface area contributed by atoms with E-state index >= 15 is 0 Å². The molecule has 186 valence electrons. The number of carbonyl (C=O) groups is 1. The molecule has 7 nitrogen and oxygen atoms in total. The van der Waals surface area contributed by atoms with Crippen LogP contribution in [0.25, 0.3) is 0 Å². The van der Waals surface area contributed by atoms with Gasteiger partial charge in [0.15, 0.2) is 0 Å². The number of aliphatic hydroxyl groups is 2. The van der Waals surface area contributed by atoms with E-state index in [4.69, 9.17) is 4.74 Å². The van der Waals surface area contributed by atoms with Crippen LogP contribution in [0.3, 0.4) is 0 Å². The van der Waals surface area contributed by atoms with Crippen molar-refractivity contribution in [3.63, 3.8) is 0 Å². The van der Waals surface area contributed by atoms with Crippen molar-refractivity contribution in [1.29, 1.82) is 0 Å². The number of amides is 1. The quantitative estimate of drug-likeness (QED) is 0.423. The van der Waals surface area contributed by atoms with Crippen LogP contribution in [0.2, 0.25) is 0 Å². The molecule has 2 aliphatic heterocycles. The molecule has 0 bridgehead atoms. The first-order valence-electron chi connectivity index (χ1n) is 12.4. The molecule has 0 aromatic heterocycles. The smallest absolute Gasteiger partial charge is 0.230 e. The molecule has 3 N–H and O–H groups in total. The van der Waals surface area contributed by atoms with Gasteiger partial charge in [0.25, 0.3) is 0 Å². The van der Waals surface area contributed by atoms with Gasteiger partial charge in [0, 0.05) is 43.5 Å². The van der Waals surface area contributed by atoms with Crippen LogP contribution in [0.5, 0.6) is 5.75 Å². The van der Waals surface area contributed by atoms with Crippen LogP contribution in [0.15, 0.2) is 36.4 Å². The first-order valence-corrected chi connectivity index (χ1v) is 12.4. The maximum absolute atomic E-state index is 11.7.